The molecule has 0 saturated heterocycles. The van der Waals surface area contributed by atoms with Gasteiger partial charge in [-0.15, -0.1) is 0 Å². The van der Waals surface area contributed by atoms with Crippen LogP contribution in [-0.4, -0.2) is 19.5 Å². The second-order valence-electron chi connectivity index (χ2n) is 4.23. The predicted octanol–water partition coefficient (Wildman–Crippen LogP) is 1.91. The van der Waals surface area contributed by atoms with Gasteiger partial charge in [0.1, 0.15) is 5.82 Å². The first-order chi connectivity index (χ1) is 8.99. The van der Waals surface area contributed by atoms with Gasteiger partial charge in [0.15, 0.2) is 0 Å². The summed E-state index contributed by atoms with van der Waals surface area (Å²) >= 11 is 0. The van der Waals surface area contributed by atoms with Gasteiger partial charge in [0.25, 0.3) is 0 Å². The van der Waals surface area contributed by atoms with Gasteiger partial charge in [0, 0.05) is 25.5 Å². The van der Waals surface area contributed by atoms with Crippen molar-refractivity contribution in [2.24, 2.45) is 0 Å². The van der Waals surface area contributed by atoms with E-state index in [0.29, 0.717) is 12.1 Å². The van der Waals surface area contributed by atoms with Crippen molar-refractivity contribution in [1.82, 2.24) is 9.29 Å². The van der Waals surface area contributed by atoms with E-state index in [9.17, 15) is 12.8 Å². The van der Waals surface area contributed by atoms with Crippen molar-refractivity contribution in [1.29, 1.82) is 0 Å². The lowest BCUT2D eigenvalue weighted by atomic mass is 10.2. The van der Waals surface area contributed by atoms with E-state index >= 15 is 0 Å². The Balaban J connectivity index is 2.05. The fourth-order valence-electron chi connectivity index (χ4n) is 1.82. The van der Waals surface area contributed by atoms with E-state index in [1.807, 2.05) is 29.1 Å². The minimum Gasteiger partial charge on any atom is -0.353 e. The van der Waals surface area contributed by atoms with Gasteiger partial charge in [-0.1, -0.05) is 0 Å². The van der Waals surface area contributed by atoms with E-state index in [0.717, 1.165) is 6.07 Å². The highest BCUT2D eigenvalue weighted by atomic mass is 32.2. The fourth-order valence-corrected chi connectivity index (χ4v) is 3.07. The molecular weight excluding hydrogens is 267 g/mol. The molecule has 0 radical (unpaired) electrons. The lowest BCUT2D eigenvalue weighted by molar-refractivity contribution is 0.571. The molecule has 4 nitrogen and oxygen atoms in total. The Morgan fingerprint density at radius 1 is 1.26 bits per heavy atom. The van der Waals surface area contributed by atoms with E-state index in [2.05, 4.69) is 4.72 Å². The maximum atomic E-state index is 13.0. The van der Waals surface area contributed by atoms with E-state index in [1.165, 1.54) is 12.1 Å². The molecule has 0 spiro atoms. The lowest BCUT2D eigenvalue weighted by Gasteiger charge is -2.09. The number of nitrogens with zero attached hydrogens (tertiary/aromatic N) is 1. The minimum atomic E-state index is -3.59. The Morgan fingerprint density at radius 3 is 2.58 bits per heavy atom. The van der Waals surface area contributed by atoms with Crippen LogP contribution in [0.4, 0.5) is 4.39 Å². The standard InChI is InChI=1S/C13H15FN2O2S/c1-11-10-12(14)4-5-13(11)19(17,18)15-6-9-16-7-2-3-8-16/h2-5,7-8,10,15H,6,9H2,1H3. The van der Waals surface area contributed by atoms with Gasteiger partial charge in [-0.2, -0.15) is 0 Å². The molecule has 0 unspecified atom stereocenters. The molecule has 0 fully saturated rings. The third-order valence-corrected chi connectivity index (χ3v) is 4.38. The third-order valence-electron chi connectivity index (χ3n) is 2.75. The number of aromatic nitrogens is 1. The van der Waals surface area contributed by atoms with Gasteiger partial charge < -0.3 is 4.57 Å². The first-order valence-corrected chi connectivity index (χ1v) is 7.34. The highest BCUT2D eigenvalue weighted by Gasteiger charge is 2.16. The van der Waals surface area contributed by atoms with Crippen LogP contribution in [-0.2, 0) is 16.6 Å². The van der Waals surface area contributed by atoms with E-state index in [4.69, 9.17) is 0 Å². The smallest absolute Gasteiger partial charge is 0.240 e. The molecule has 0 aliphatic heterocycles. The molecule has 0 saturated carbocycles. The van der Waals surface area contributed by atoms with Crippen molar-refractivity contribution in [3.8, 4) is 0 Å². The van der Waals surface area contributed by atoms with Crippen LogP contribution in [0.15, 0.2) is 47.6 Å². The molecule has 102 valence electrons. The summed E-state index contributed by atoms with van der Waals surface area (Å²) in [5, 5.41) is 0. The zero-order valence-corrected chi connectivity index (χ0v) is 11.3. The molecular formula is C13H15FN2O2S. The average Bonchev–Trinajstić information content (AvgIpc) is 2.81. The molecule has 1 aromatic carbocycles. The largest absolute Gasteiger partial charge is 0.353 e. The normalized spacial score (nSPS) is 11.7. The summed E-state index contributed by atoms with van der Waals surface area (Å²) in [6.45, 7) is 2.41. The molecule has 2 aromatic rings. The highest BCUT2D eigenvalue weighted by molar-refractivity contribution is 7.89. The molecule has 1 aromatic heterocycles. The zero-order chi connectivity index (χ0) is 13.9. The first-order valence-electron chi connectivity index (χ1n) is 5.85. The minimum absolute atomic E-state index is 0.112. The van der Waals surface area contributed by atoms with Gasteiger partial charge in [-0.25, -0.2) is 17.5 Å². The second-order valence-corrected chi connectivity index (χ2v) is 5.96. The number of aryl methyl sites for hydroxylation is 1. The van der Waals surface area contributed by atoms with Crippen molar-refractivity contribution >= 4 is 10.0 Å². The quantitative estimate of drug-likeness (QED) is 0.911. The number of halogens is 1. The van der Waals surface area contributed by atoms with Crippen LogP contribution < -0.4 is 4.72 Å². The second kappa shape index (κ2) is 5.54. The monoisotopic (exact) mass is 282 g/mol. The van der Waals surface area contributed by atoms with Crippen LogP contribution in [0.2, 0.25) is 0 Å². The maximum Gasteiger partial charge on any atom is 0.240 e. The number of sulfonamides is 1. The molecule has 6 heteroatoms. The van der Waals surface area contributed by atoms with Crippen LogP contribution in [0.5, 0.6) is 0 Å². The molecule has 0 aliphatic carbocycles. The van der Waals surface area contributed by atoms with Crippen LogP contribution in [0.3, 0.4) is 0 Å². The van der Waals surface area contributed by atoms with Crippen molar-refractivity contribution < 1.29 is 12.8 Å². The molecule has 0 aliphatic rings. The summed E-state index contributed by atoms with van der Waals surface area (Å²) in [6, 6.07) is 7.38. The average molecular weight is 282 g/mol. The fraction of sp³-hybridized carbons (Fsp3) is 0.231. The number of rotatable bonds is 5. The summed E-state index contributed by atoms with van der Waals surface area (Å²) in [6.07, 6.45) is 3.72. The third kappa shape index (κ3) is 3.42. The van der Waals surface area contributed by atoms with Crippen LogP contribution in [0.25, 0.3) is 0 Å². The Bertz CT molecular complexity index is 651. The van der Waals surface area contributed by atoms with Crippen LogP contribution >= 0.6 is 0 Å². The maximum absolute atomic E-state index is 13.0. The number of nitrogens with one attached hydrogen (secondary N) is 1. The van der Waals surface area contributed by atoms with Crippen molar-refractivity contribution in [3.05, 3.63) is 54.1 Å². The van der Waals surface area contributed by atoms with Crippen molar-refractivity contribution in [3.63, 3.8) is 0 Å². The van der Waals surface area contributed by atoms with E-state index in [1.54, 1.807) is 6.92 Å². The predicted molar refractivity (Wildman–Crippen MR) is 70.8 cm³/mol. The van der Waals surface area contributed by atoms with Gasteiger partial charge >= 0.3 is 0 Å². The van der Waals surface area contributed by atoms with Gasteiger partial charge in [0.05, 0.1) is 4.90 Å². The Morgan fingerprint density at radius 2 is 1.95 bits per heavy atom. The lowest BCUT2D eigenvalue weighted by Crippen LogP contribution is -2.27. The number of hydrogen-bond acceptors (Lipinski definition) is 2. The van der Waals surface area contributed by atoms with Gasteiger partial charge in [-0.05, 0) is 42.8 Å². The van der Waals surface area contributed by atoms with E-state index in [-0.39, 0.29) is 11.4 Å². The van der Waals surface area contributed by atoms with Crippen LogP contribution in [0, 0.1) is 12.7 Å². The van der Waals surface area contributed by atoms with Crippen molar-refractivity contribution in [2.45, 2.75) is 18.4 Å². The zero-order valence-electron chi connectivity index (χ0n) is 10.5. The molecule has 1 N–H and O–H groups in total. The first kappa shape index (κ1) is 13.8. The van der Waals surface area contributed by atoms with Crippen LogP contribution in [0.1, 0.15) is 5.56 Å². The van der Waals surface area contributed by atoms with Crippen molar-refractivity contribution in [2.75, 3.05) is 6.54 Å². The summed E-state index contributed by atoms with van der Waals surface area (Å²) in [5.74, 6) is -0.441. The summed E-state index contributed by atoms with van der Waals surface area (Å²) in [4.78, 5) is 0.112. The number of benzene rings is 1. The molecule has 0 bridgehead atoms. The summed E-state index contributed by atoms with van der Waals surface area (Å²) in [5.41, 5.74) is 0.397. The van der Waals surface area contributed by atoms with E-state index < -0.39 is 15.8 Å². The molecule has 1 heterocycles. The SMILES string of the molecule is Cc1cc(F)ccc1S(=O)(=O)NCCn1cccc1. The Hall–Kier alpha value is -1.66. The van der Waals surface area contributed by atoms with Gasteiger partial charge in [0.2, 0.25) is 10.0 Å². The Kier molecular flexibility index (Phi) is 4.01. The molecule has 2 rings (SSSR count). The Labute approximate surface area is 111 Å². The van der Waals surface area contributed by atoms with Gasteiger partial charge in [-0.3, -0.25) is 0 Å². The molecule has 0 atom stereocenters. The topological polar surface area (TPSA) is 51.1 Å². The number of hydrogen-bond donors (Lipinski definition) is 1. The molecule has 0 amide bonds. The molecule has 19 heavy (non-hydrogen) atoms. The summed E-state index contributed by atoms with van der Waals surface area (Å²) in [7, 11) is -3.59. The highest BCUT2D eigenvalue weighted by Crippen LogP contribution is 2.15. The summed E-state index contributed by atoms with van der Waals surface area (Å²) < 4.78 is 41.4.